The third-order valence-corrected chi connectivity index (χ3v) is 4.28. The Morgan fingerprint density at radius 3 is 2.50 bits per heavy atom. The topological polar surface area (TPSA) is 48.0 Å². The quantitative estimate of drug-likeness (QED) is 0.722. The number of aryl methyl sites for hydroxylation is 1. The molecule has 140 valence electrons. The van der Waals surface area contributed by atoms with Gasteiger partial charge in [-0.25, -0.2) is 0 Å². The lowest BCUT2D eigenvalue weighted by Gasteiger charge is -2.19. The molecule has 0 saturated carbocycles. The standard InChI is InChI=1S/C21H27NO4/c1-6-25-19-11-10-17(12-20(19)24-5)13-22(4)21(23)14-26-18-9-7-8-15(2)16(18)3/h7-12H,6,13-14H2,1-5H3. The third kappa shape index (κ3) is 4.91. The molecule has 0 aliphatic heterocycles. The van der Waals surface area contributed by atoms with Gasteiger partial charge < -0.3 is 19.1 Å². The molecule has 26 heavy (non-hydrogen) atoms. The second-order valence-corrected chi connectivity index (χ2v) is 6.15. The maximum Gasteiger partial charge on any atom is 0.260 e. The van der Waals surface area contributed by atoms with Crippen LogP contribution in [0.15, 0.2) is 36.4 Å². The van der Waals surface area contributed by atoms with Gasteiger partial charge >= 0.3 is 0 Å². The number of nitrogens with zero attached hydrogens (tertiary/aromatic N) is 1. The summed E-state index contributed by atoms with van der Waals surface area (Å²) in [4.78, 5) is 14.0. The molecule has 0 unspecified atom stereocenters. The number of amides is 1. The Bertz CT molecular complexity index is 758. The Labute approximate surface area is 155 Å². The average molecular weight is 357 g/mol. The van der Waals surface area contributed by atoms with Crippen LogP contribution in [0.5, 0.6) is 17.2 Å². The first-order valence-corrected chi connectivity index (χ1v) is 8.69. The molecule has 0 saturated heterocycles. The van der Waals surface area contributed by atoms with Crippen LogP contribution >= 0.6 is 0 Å². The summed E-state index contributed by atoms with van der Waals surface area (Å²) in [6.07, 6.45) is 0. The Morgan fingerprint density at radius 1 is 1.04 bits per heavy atom. The van der Waals surface area contributed by atoms with E-state index in [-0.39, 0.29) is 12.5 Å². The van der Waals surface area contributed by atoms with Crippen molar-refractivity contribution in [2.75, 3.05) is 27.4 Å². The molecule has 5 heteroatoms. The maximum absolute atomic E-state index is 12.4. The Balaban J connectivity index is 1.97. The Hall–Kier alpha value is -2.69. The molecular formula is C21H27NO4. The predicted octanol–water partition coefficient (Wildman–Crippen LogP) is 3.75. The van der Waals surface area contributed by atoms with Gasteiger partial charge in [-0.3, -0.25) is 4.79 Å². The van der Waals surface area contributed by atoms with Crippen molar-refractivity contribution in [3.8, 4) is 17.2 Å². The van der Waals surface area contributed by atoms with Gasteiger partial charge in [0.25, 0.3) is 5.91 Å². The van der Waals surface area contributed by atoms with Gasteiger partial charge in [0.2, 0.25) is 0 Å². The number of benzene rings is 2. The van der Waals surface area contributed by atoms with Crippen LogP contribution in [0.25, 0.3) is 0 Å². The molecule has 5 nitrogen and oxygen atoms in total. The van der Waals surface area contributed by atoms with Crippen LogP contribution < -0.4 is 14.2 Å². The van der Waals surface area contributed by atoms with Crippen molar-refractivity contribution in [3.63, 3.8) is 0 Å². The zero-order valence-electron chi connectivity index (χ0n) is 16.2. The van der Waals surface area contributed by atoms with E-state index in [1.807, 2.05) is 57.2 Å². The lowest BCUT2D eigenvalue weighted by molar-refractivity contribution is -0.132. The minimum absolute atomic E-state index is 0.00889. The summed E-state index contributed by atoms with van der Waals surface area (Å²) >= 11 is 0. The largest absolute Gasteiger partial charge is 0.493 e. The van der Waals surface area contributed by atoms with Crippen molar-refractivity contribution < 1.29 is 19.0 Å². The summed E-state index contributed by atoms with van der Waals surface area (Å²) in [7, 11) is 3.37. The van der Waals surface area contributed by atoms with Gasteiger partial charge in [0.15, 0.2) is 18.1 Å². The first-order chi connectivity index (χ1) is 12.5. The van der Waals surface area contributed by atoms with Crippen molar-refractivity contribution in [1.29, 1.82) is 0 Å². The highest BCUT2D eigenvalue weighted by molar-refractivity contribution is 5.77. The van der Waals surface area contributed by atoms with Gasteiger partial charge in [-0.15, -0.1) is 0 Å². The van der Waals surface area contributed by atoms with Crippen molar-refractivity contribution in [2.24, 2.45) is 0 Å². The van der Waals surface area contributed by atoms with E-state index in [1.165, 1.54) is 0 Å². The number of likely N-dealkylation sites (N-methyl/N-ethyl adjacent to an activating group) is 1. The average Bonchev–Trinajstić information content (AvgIpc) is 2.64. The van der Waals surface area contributed by atoms with Crippen LogP contribution in [-0.2, 0) is 11.3 Å². The highest BCUT2D eigenvalue weighted by Gasteiger charge is 2.13. The summed E-state index contributed by atoms with van der Waals surface area (Å²) < 4.78 is 16.6. The van der Waals surface area contributed by atoms with Gasteiger partial charge in [0, 0.05) is 13.6 Å². The van der Waals surface area contributed by atoms with E-state index in [2.05, 4.69) is 0 Å². The highest BCUT2D eigenvalue weighted by Crippen LogP contribution is 2.28. The number of methoxy groups -OCH3 is 1. The number of ether oxygens (including phenoxy) is 3. The molecule has 2 aromatic carbocycles. The van der Waals surface area contributed by atoms with E-state index in [0.717, 1.165) is 22.4 Å². The highest BCUT2D eigenvalue weighted by atomic mass is 16.5. The molecule has 0 atom stereocenters. The maximum atomic E-state index is 12.4. The lowest BCUT2D eigenvalue weighted by atomic mass is 10.1. The van der Waals surface area contributed by atoms with E-state index in [9.17, 15) is 4.79 Å². The molecule has 0 fully saturated rings. The number of hydrogen-bond donors (Lipinski definition) is 0. The SMILES string of the molecule is CCOc1ccc(CN(C)C(=O)COc2cccc(C)c2C)cc1OC. The molecule has 0 N–H and O–H groups in total. The van der Waals surface area contributed by atoms with Crippen molar-refractivity contribution in [3.05, 3.63) is 53.1 Å². The summed E-state index contributed by atoms with van der Waals surface area (Å²) in [5.74, 6) is 2.02. The summed E-state index contributed by atoms with van der Waals surface area (Å²) in [5, 5.41) is 0. The van der Waals surface area contributed by atoms with Gasteiger partial charge in [0.1, 0.15) is 5.75 Å². The van der Waals surface area contributed by atoms with Gasteiger partial charge in [-0.1, -0.05) is 18.2 Å². The summed E-state index contributed by atoms with van der Waals surface area (Å²) in [6.45, 7) is 6.99. The first kappa shape index (κ1) is 19.6. The molecule has 0 bridgehead atoms. The normalized spacial score (nSPS) is 10.3. The predicted molar refractivity (Wildman–Crippen MR) is 102 cm³/mol. The Morgan fingerprint density at radius 2 is 1.81 bits per heavy atom. The van der Waals surface area contributed by atoms with Crippen molar-refractivity contribution in [1.82, 2.24) is 4.90 Å². The smallest absolute Gasteiger partial charge is 0.260 e. The summed E-state index contributed by atoms with van der Waals surface area (Å²) in [5.41, 5.74) is 3.16. The molecular weight excluding hydrogens is 330 g/mol. The molecule has 0 aliphatic rings. The third-order valence-electron chi connectivity index (χ3n) is 4.28. The number of rotatable bonds is 8. The van der Waals surface area contributed by atoms with Gasteiger partial charge in [-0.2, -0.15) is 0 Å². The van der Waals surface area contributed by atoms with E-state index in [4.69, 9.17) is 14.2 Å². The Kier molecular flexibility index (Phi) is 6.89. The first-order valence-electron chi connectivity index (χ1n) is 8.69. The minimum Gasteiger partial charge on any atom is -0.493 e. The van der Waals surface area contributed by atoms with Crippen molar-refractivity contribution >= 4 is 5.91 Å². The molecule has 0 radical (unpaired) electrons. The molecule has 0 spiro atoms. The van der Waals surface area contributed by atoms with Gasteiger partial charge in [-0.05, 0) is 55.7 Å². The summed E-state index contributed by atoms with van der Waals surface area (Å²) in [6, 6.07) is 11.5. The van der Waals surface area contributed by atoms with Crippen LogP contribution in [-0.4, -0.2) is 38.2 Å². The molecule has 0 aromatic heterocycles. The zero-order chi connectivity index (χ0) is 19.1. The van der Waals surface area contributed by atoms with E-state index in [1.54, 1.807) is 19.1 Å². The molecule has 1 amide bonds. The molecule has 0 aliphatic carbocycles. The van der Waals surface area contributed by atoms with Crippen LogP contribution in [0.1, 0.15) is 23.6 Å². The number of carbonyl (C=O) groups excluding carboxylic acids is 1. The van der Waals surface area contributed by atoms with Crippen molar-refractivity contribution in [2.45, 2.75) is 27.3 Å². The van der Waals surface area contributed by atoms with Crippen LogP contribution in [0.3, 0.4) is 0 Å². The second kappa shape index (κ2) is 9.13. The number of carbonyl (C=O) groups is 1. The van der Waals surface area contributed by atoms with E-state index < -0.39 is 0 Å². The van der Waals surface area contributed by atoms with Gasteiger partial charge in [0.05, 0.1) is 13.7 Å². The molecule has 2 rings (SSSR count). The van der Waals surface area contributed by atoms with E-state index >= 15 is 0 Å². The van der Waals surface area contributed by atoms with E-state index in [0.29, 0.717) is 24.7 Å². The fourth-order valence-electron chi connectivity index (χ4n) is 2.58. The molecule has 2 aromatic rings. The lowest BCUT2D eigenvalue weighted by Crippen LogP contribution is -2.31. The van der Waals surface area contributed by atoms with Crippen LogP contribution in [0.4, 0.5) is 0 Å². The minimum atomic E-state index is -0.0845. The second-order valence-electron chi connectivity index (χ2n) is 6.15. The molecule has 0 heterocycles. The fraction of sp³-hybridized carbons (Fsp3) is 0.381. The van der Waals surface area contributed by atoms with Crippen LogP contribution in [0, 0.1) is 13.8 Å². The number of hydrogen-bond acceptors (Lipinski definition) is 4. The zero-order valence-corrected chi connectivity index (χ0v) is 16.2. The van der Waals surface area contributed by atoms with Crippen LogP contribution in [0.2, 0.25) is 0 Å². The fourth-order valence-corrected chi connectivity index (χ4v) is 2.58. The monoisotopic (exact) mass is 357 g/mol.